The number of ether oxygens (including phenoxy) is 1. The van der Waals surface area contributed by atoms with Crippen LogP contribution in [0.5, 0.6) is 0 Å². The molecule has 1 N–H and O–H groups in total. The van der Waals surface area contributed by atoms with Crippen LogP contribution in [0.15, 0.2) is 6.08 Å². The molecule has 1 atom stereocenters. The summed E-state index contributed by atoms with van der Waals surface area (Å²) in [6, 6.07) is 0. The van der Waals surface area contributed by atoms with Crippen LogP contribution in [-0.4, -0.2) is 50.3 Å². The molecule has 19 heavy (non-hydrogen) atoms. The highest BCUT2D eigenvalue weighted by molar-refractivity contribution is 5.73. The Kier molecular flexibility index (Phi) is 3.55. The first-order chi connectivity index (χ1) is 8.85. The molecule has 0 fully saturated rings. The predicted octanol–water partition coefficient (Wildman–Crippen LogP) is 1.47. The number of nitrogens with one attached hydrogen (secondary N) is 1. The number of aromatic nitrogens is 4. The highest BCUT2D eigenvalue weighted by Crippen LogP contribution is 2.22. The van der Waals surface area contributed by atoms with Crippen molar-refractivity contribution in [3.05, 3.63) is 11.9 Å². The highest BCUT2D eigenvalue weighted by atomic mass is 16.6. The Labute approximate surface area is 112 Å². The van der Waals surface area contributed by atoms with Crippen molar-refractivity contribution < 1.29 is 9.53 Å². The van der Waals surface area contributed by atoms with E-state index in [0.717, 1.165) is 5.57 Å². The quantitative estimate of drug-likeness (QED) is 0.831. The molecule has 1 unspecified atom stereocenters. The normalized spacial score (nSPS) is 20.1. The molecular weight excluding hydrogens is 246 g/mol. The second-order valence-electron chi connectivity index (χ2n) is 5.78. The van der Waals surface area contributed by atoms with Gasteiger partial charge in [0.15, 0.2) is 5.82 Å². The Morgan fingerprint density at radius 2 is 2.26 bits per heavy atom. The first-order valence-corrected chi connectivity index (χ1v) is 6.28. The first kappa shape index (κ1) is 13.5. The lowest BCUT2D eigenvalue weighted by molar-refractivity contribution is 0.0253. The third-order valence-corrected chi connectivity index (χ3v) is 2.66. The maximum absolute atomic E-state index is 12.1. The molecule has 1 aromatic rings. The second-order valence-corrected chi connectivity index (χ2v) is 5.78. The third kappa shape index (κ3) is 3.52. The number of H-pyrrole nitrogens is 1. The maximum atomic E-state index is 12.1. The van der Waals surface area contributed by atoms with Crippen LogP contribution in [0.3, 0.4) is 0 Å². The smallest absolute Gasteiger partial charge is 0.410 e. The number of tetrazole rings is 1. The molecule has 1 aromatic heterocycles. The minimum Gasteiger partial charge on any atom is -0.444 e. The van der Waals surface area contributed by atoms with E-state index in [1.165, 1.54) is 0 Å². The molecule has 2 rings (SSSR count). The largest absolute Gasteiger partial charge is 0.444 e. The van der Waals surface area contributed by atoms with Crippen molar-refractivity contribution >= 4 is 11.7 Å². The van der Waals surface area contributed by atoms with E-state index in [1.807, 2.05) is 27.7 Å². The third-order valence-electron chi connectivity index (χ3n) is 2.66. The molecule has 0 aliphatic carbocycles. The molecular formula is C12H19N5O2. The van der Waals surface area contributed by atoms with E-state index in [-0.39, 0.29) is 12.0 Å². The van der Waals surface area contributed by atoms with E-state index in [2.05, 4.69) is 26.7 Å². The standard InChI is InChI=1S/C12H19N5O2/c1-8-5-9(10-13-15-16-14-10)7-17(6-8)11(18)19-12(2,3)4/h5,8H,6-7H2,1-4H3,(H,13,14,15,16). The van der Waals surface area contributed by atoms with Crippen LogP contribution in [0.25, 0.3) is 5.57 Å². The highest BCUT2D eigenvalue weighted by Gasteiger charge is 2.27. The summed E-state index contributed by atoms with van der Waals surface area (Å²) in [6.07, 6.45) is 1.76. The number of amides is 1. The summed E-state index contributed by atoms with van der Waals surface area (Å²) >= 11 is 0. The summed E-state index contributed by atoms with van der Waals surface area (Å²) in [5, 5.41) is 13.7. The Morgan fingerprint density at radius 3 is 2.84 bits per heavy atom. The summed E-state index contributed by atoms with van der Waals surface area (Å²) in [7, 11) is 0. The number of carbonyl (C=O) groups is 1. The Morgan fingerprint density at radius 1 is 1.53 bits per heavy atom. The molecule has 1 amide bonds. The van der Waals surface area contributed by atoms with Gasteiger partial charge in [0.25, 0.3) is 0 Å². The van der Waals surface area contributed by atoms with Crippen LogP contribution in [0.1, 0.15) is 33.5 Å². The fourth-order valence-electron chi connectivity index (χ4n) is 1.98. The molecule has 0 aromatic carbocycles. The molecule has 0 spiro atoms. The van der Waals surface area contributed by atoms with Gasteiger partial charge < -0.3 is 9.64 Å². The SMILES string of the molecule is CC1C=C(c2nnn[nH]2)CN(C(=O)OC(C)(C)C)C1. The summed E-state index contributed by atoms with van der Waals surface area (Å²) in [6.45, 7) is 8.70. The zero-order chi connectivity index (χ0) is 14.0. The van der Waals surface area contributed by atoms with E-state index < -0.39 is 5.60 Å². The molecule has 0 saturated heterocycles. The maximum Gasteiger partial charge on any atom is 0.410 e. The molecule has 104 valence electrons. The lowest BCUT2D eigenvalue weighted by Gasteiger charge is -2.32. The Hall–Kier alpha value is -1.92. The fraction of sp³-hybridized carbons (Fsp3) is 0.667. The van der Waals surface area contributed by atoms with Crippen molar-refractivity contribution in [3.8, 4) is 0 Å². The average molecular weight is 265 g/mol. The first-order valence-electron chi connectivity index (χ1n) is 6.28. The van der Waals surface area contributed by atoms with Crippen molar-refractivity contribution in [1.82, 2.24) is 25.5 Å². The van der Waals surface area contributed by atoms with Gasteiger partial charge in [0.05, 0.1) is 6.54 Å². The summed E-state index contributed by atoms with van der Waals surface area (Å²) < 4.78 is 5.39. The molecule has 2 heterocycles. The zero-order valence-corrected chi connectivity index (χ0v) is 11.7. The lowest BCUT2D eigenvalue weighted by atomic mass is 10.0. The molecule has 0 saturated carbocycles. The number of carbonyl (C=O) groups excluding carboxylic acids is 1. The van der Waals surface area contributed by atoms with Crippen molar-refractivity contribution in [2.75, 3.05) is 13.1 Å². The molecule has 1 aliphatic heterocycles. The summed E-state index contributed by atoms with van der Waals surface area (Å²) in [5.41, 5.74) is 0.421. The zero-order valence-electron chi connectivity index (χ0n) is 11.7. The molecule has 1 aliphatic rings. The van der Waals surface area contributed by atoms with E-state index in [4.69, 9.17) is 4.74 Å². The number of hydrogen-bond acceptors (Lipinski definition) is 5. The lowest BCUT2D eigenvalue weighted by Crippen LogP contribution is -2.41. The van der Waals surface area contributed by atoms with E-state index in [0.29, 0.717) is 18.9 Å². The molecule has 0 bridgehead atoms. The number of nitrogens with zero attached hydrogens (tertiary/aromatic N) is 4. The van der Waals surface area contributed by atoms with Crippen LogP contribution < -0.4 is 0 Å². The molecule has 7 heteroatoms. The molecule has 0 radical (unpaired) electrons. The van der Waals surface area contributed by atoms with Crippen LogP contribution in [-0.2, 0) is 4.74 Å². The minimum absolute atomic E-state index is 0.237. The van der Waals surface area contributed by atoms with Gasteiger partial charge in [-0.2, -0.15) is 0 Å². The van der Waals surface area contributed by atoms with Gasteiger partial charge in [-0.3, -0.25) is 0 Å². The Bertz CT molecular complexity index is 475. The minimum atomic E-state index is -0.491. The topological polar surface area (TPSA) is 84.0 Å². The average Bonchev–Trinajstić information content (AvgIpc) is 2.79. The number of hydrogen-bond donors (Lipinski definition) is 1. The van der Waals surface area contributed by atoms with Gasteiger partial charge in [-0.15, -0.1) is 5.10 Å². The van der Waals surface area contributed by atoms with Gasteiger partial charge in [0.2, 0.25) is 0 Å². The fourth-order valence-corrected chi connectivity index (χ4v) is 1.98. The Balaban J connectivity index is 2.10. The summed E-state index contributed by atoms with van der Waals surface area (Å²) in [5.74, 6) is 0.835. The predicted molar refractivity (Wildman–Crippen MR) is 69.1 cm³/mol. The van der Waals surface area contributed by atoms with Crippen LogP contribution in [0, 0.1) is 5.92 Å². The number of aromatic amines is 1. The van der Waals surface area contributed by atoms with Gasteiger partial charge in [-0.05, 0) is 37.1 Å². The van der Waals surface area contributed by atoms with Crippen LogP contribution in [0.2, 0.25) is 0 Å². The van der Waals surface area contributed by atoms with Crippen molar-refractivity contribution in [2.45, 2.75) is 33.3 Å². The van der Waals surface area contributed by atoms with Gasteiger partial charge in [0.1, 0.15) is 5.60 Å². The van der Waals surface area contributed by atoms with E-state index in [9.17, 15) is 4.79 Å². The van der Waals surface area contributed by atoms with E-state index >= 15 is 0 Å². The molecule has 7 nitrogen and oxygen atoms in total. The van der Waals surface area contributed by atoms with Gasteiger partial charge in [-0.25, -0.2) is 9.89 Å². The van der Waals surface area contributed by atoms with Gasteiger partial charge >= 0.3 is 6.09 Å². The van der Waals surface area contributed by atoms with E-state index in [1.54, 1.807) is 4.90 Å². The van der Waals surface area contributed by atoms with Crippen molar-refractivity contribution in [2.24, 2.45) is 5.92 Å². The second kappa shape index (κ2) is 4.99. The van der Waals surface area contributed by atoms with Gasteiger partial charge in [-0.1, -0.05) is 13.0 Å². The monoisotopic (exact) mass is 265 g/mol. The van der Waals surface area contributed by atoms with Crippen LogP contribution in [0.4, 0.5) is 4.79 Å². The van der Waals surface area contributed by atoms with Crippen molar-refractivity contribution in [3.63, 3.8) is 0 Å². The van der Waals surface area contributed by atoms with Gasteiger partial charge in [0, 0.05) is 12.1 Å². The summed E-state index contributed by atoms with van der Waals surface area (Å²) in [4.78, 5) is 13.8. The van der Waals surface area contributed by atoms with Crippen LogP contribution >= 0.6 is 0 Å². The number of rotatable bonds is 1. The van der Waals surface area contributed by atoms with Crippen molar-refractivity contribution in [1.29, 1.82) is 0 Å².